The summed E-state index contributed by atoms with van der Waals surface area (Å²) in [5, 5.41) is 12.9. The minimum atomic E-state index is -0.450. The maximum atomic E-state index is 10.9. The lowest BCUT2D eigenvalue weighted by Gasteiger charge is -2.34. The summed E-state index contributed by atoms with van der Waals surface area (Å²) in [5.74, 6) is 0.518. The van der Waals surface area contributed by atoms with E-state index in [9.17, 15) is 9.90 Å². The molecule has 1 fully saturated rings. The Bertz CT molecular complexity index is 302. The van der Waals surface area contributed by atoms with Crippen molar-refractivity contribution in [3.05, 3.63) is 0 Å². The van der Waals surface area contributed by atoms with Gasteiger partial charge in [-0.25, -0.2) is 0 Å². The second-order valence-corrected chi connectivity index (χ2v) is 6.78. The van der Waals surface area contributed by atoms with Crippen LogP contribution in [0.25, 0.3) is 0 Å². The number of nitrogens with one attached hydrogen (secondary N) is 1. The molecule has 0 aromatic rings. The molecule has 2 unspecified atom stereocenters. The van der Waals surface area contributed by atoms with Gasteiger partial charge in [0.1, 0.15) is 0 Å². The fraction of sp³-hybridized carbons (Fsp3) is 0.933. The fourth-order valence-corrected chi connectivity index (χ4v) is 2.47. The van der Waals surface area contributed by atoms with Crippen LogP contribution >= 0.6 is 0 Å². The van der Waals surface area contributed by atoms with Crippen molar-refractivity contribution in [1.82, 2.24) is 10.2 Å². The predicted octanol–water partition coefficient (Wildman–Crippen LogP) is 1.01. The number of hydrogen-bond acceptors (Lipinski definition) is 4. The quantitative estimate of drug-likeness (QED) is 0.765. The summed E-state index contributed by atoms with van der Waals surface area (Å²) in [7, 11) is 0. The molecule has 0 radical (unpaired) electrons. The topological polar surface area (TPSA) is 61.8 Å². The highest BCUT2D eigenvalue weighted by Crippen LogP contribution is 2.16. The Labute approximate surface area is 122 Å². The van der Waals surface area contributed by atoms with Crippen LogP contribution in [0.3, 0.4) is 0 Å². The second kappa shape index (κ2) is 7.96. The molecule has 2 atom stereocenters. The zero-order valence-corrected chi connectivity index (χ0v) is 13.3. The van der Waals surface area contributed by atoms with Crippen LogP contribution < -0.4 is 5.32 Å². The smallest absolute Gasteiger partial charge is 0.216 e. The van der Waals surface area contributed by atoms with Crippen LogP contribution in [0.2, 0.25) is 0 Å². The first-order valence-corrected chi connectivity index (χ1v) is 7.55. The highest BCUT2D eigenvalue weighted by atomic mass is 16.5. The van der Waals surface area contributed by atoms with E-state index in [0.717, 1.165) is 32.5 Å². The van der Waals surface area contributed by atoms with Crippen molar-refractivity contribution in [3.8, 4) is 0 Å². The third kappa shape index (κ3) is 7.82. The summed E-state index contributed by atoms with van der Waals surface area (Å²) in [6.45, 7) is 11.2. The van der Waals surface area contributed by atoms with Gasteiger partial charge in [0.2, 0.25) is 5.91 Å². The lowest BCUT2D eigenvalue weighted by molar-refractivity contribution is -0.119. The van der Waals surface area contributed by atoms with Gasteiger partial charge in [0.25, 0.3) is 0 Å². The average molecular weight is 286 g/mol. The highest BCUT2D eigenvalue weighted by molar-refractivity contribution is 5.72. The molecule has 2 N–H and O–H groups in total. The molecule has 0 aromatic carbocycles. The zero-order chi connectivity index (χ0) is 15.2. The molecule has 1 amide bonds. The van der Waals surface area contributed by atoms with Crippen molar-refractivity contribution in [3.63, 3.8) is 0 Å². The van der Waals surface area contributed by atoms with Crippen LogP contribution in [0, 0.1) is 5.92 Å². The lowest BCUT2D eigenvalue weighted by atomic mass is 9.97. The third-order valence-electron chi connectivity index (χ3n) is 3.42. The van der Waals surface area contributed by atoms with Gasteiger partial charge in [0.15, 0.2) is 0 Å². The maximum absolute atomic E-state index is 10.9. The Balaban J connectivity index is 2.27. The summed E-state index contributed by atoms with van der Waals surface area (Å²) in [6, 6.07) is 0. The molecule has 0 bridgehead atoms. The van der Waals surface area contributed by atoms with Gasteiger partial charge in [-0.3, -0.25) is 4.79 Å². The summed E-state index contributed by atoms with van der Waals surface area (Å²) in [6.07, 6.45) is 1.82. The van der Waals surface area contributed by atoms with Gasteiger partial charge in [-0.15, -0.1) is 0 Å². The van der Waals surface area contributed by atoms with E-state index in [1.54, 1.807) is 6.92 Å². The maximum Gasteiger partial charge on any atom is 0.216 e. The number of amides is 1. The number of likely N-dealkylation sites (tertiary alicyclic amines) is 1. The molecule has 5 heteroatoms. The summed E-state index contributed by atoms with van der Waals surface area (Å²) < 4.78 is 5.60. The number of carbonyl (C=O) groups is 1. The molecule has 0 aromatic heterocycles. The van der Waals surface area contributed by atoms with E-state index >= 15 is 0 Å². The van der Waals surface area contributed by atoms with Crippen LogP contribution in [0.5, 0.6) is 0 Å². The molecule has 0 aliphatic carbocycles. The number of aliphatic hydroxyl groups is 1. The Morgan fingerprint density at radius 1 is 1.50 bits per heavy atom. The number of rotatable bonds is 6. The Morgan fingerprint density at radius 3 is 2.80 bits per heavy atom. The molecule has 1 saturated heterocycles. The van der Waals surface area contributed by atoms with Gasteiger partial charge in [0, 0.05) is 26.6 Å². The van der Waals surface area contributed by atoms with Gasteiger partial charge in [-0.05, 0) is 46.1 Å². The molecule has 20 heavy (non-hydrogen) atoms. The molecule has 1 heterocycles. The van der Waals surface area contributed by atoms with E-state index in [1.807, 2.05) is 20.8 Å². The van der Waals surface area contributed by atoms with Crippen LogP contribution in [-0.4, -0.2) is 60.4 Å². The van der Waals surface area contributed by atoms with Gasteiger partial charge in [-0.2, -0.15) is 0 Å². The molecule has 1 aliphatic rings. The standard InChI is InChI=1S/C15H30N2O3/c1-12(18)16-8-13-6-5-7-17(9-13)10-14(19)11-20-15(2,3)4/h13-14,19H,5-11H2,1-4H3,(H,16,18). The number of nitrogens with zero attached hydrogens (tertiary/aromatic N) is 1. The summed E-state index contributed by atoms with van der Waals surface area (Å²) in [5.41, 5.74) is -0.211. The van der Waals surface area contributed by atoms with Crippen LogP contribution in [0.4, 0.5) is 0 Å². The fourth-order valence-electron chi connectivity index (χ4n) is 2.47. The largest absolute Gasteiger partial charge is 0.389 e. The minimum Gasteiger partial charge on any atom is -0.389 e. The van der Waals surface area contributed by atoms with E-state index < -0.39 is 6.10 Å². The molecule has 1 aliphatic heterocycles. The van der Waals surface area contributed by atoms with E-state index in [2.05, 4.69) is 10.2 Å². The summed E-state index contributed by atoms with van der Waals surface area (Å²) >= 11 is 0. The number of aliphatic hydroxyl groups excluding tert-OH is 1. The Hall–Kier alpha value is -0.650. The zero-order valence-electron chi connectivity index (χ0n) is 13.3. The molecule has 0 saturated carbocycles. The van der Waals surface area contributed by atoms with E-state index in [4.69, 9.17) is 4.74 Å². The van der Waals surface area contributed by atoms with E-state index in [1.165, 1.54) is 0 Å². The van der Waals surface area contributed by atoms with Gasteiger partial charge < -0.3 is 20.1 Å². The molecule has 5 nitrogen and oxygen atoms in total. The average Bonchev–Trinajstić information content (AvgIpc) is 2.34. The monoisotopic (exact) mass is 286 g/mol. The van der Waals surface area contributed by atoms with Crippen LogP contribution in [0.1, 0.15) is 40.5 Å². The molecule has 1 rings (SSSR count). The van der Waals surface area contributed by atoms with Crippen molar-refractivity contribution in [2.75, 3.05) is 32.8 Å². The number of β-amino-alcohol motifs (C(OH)–C–C–N with tert-alkyl or cyclic N) is 1. The first-order valence-electron chi connectivity index (χ1n) is 7.55. The van der Waals surface area contributed by atoms with Crippen LogP contribution in [0.15, 0.2) is 0 Å². The minimum absolute atomic E-state index is 0.0285. The van der Waals surface area contributed by atoms with Gasteiger partial charge in [-0.1, -0.05) is 0 Å². The van der Waals surface area contributed by atoms with Crippen molar-refractivity contribution >= 4 is 5.91 Å². The SMILES string of the molecule is CC(=O)NCC1CCCN(CC(O)COC(C)(C)C)C1. The lowest BCUT2D eigenvalue weighted by Crippen LogP contribution is -2.44. The number of hydrogen-bond donors (Lipinski definition) is 2. The van der Waals surface area contributed by atoms with Gasteiger partial charge in [0.05, 0.1) is 18.3 Å². The van der Waals surface area contributed by atoms with Gasteiger partial charge >= 0.3 is 0 Å². The third-order valence-corrected chi connectivity index (χ3v) is 3.42. The molecular weight excluding hydrogens is 256 g/mol. The van der Waals surface area contributed by atoms with E-state index in [0.29, 0.717) is 19.1 Å². The van der Waals surface area contributed by atoms with E-state index in [-0.39, 0.29) is 11.5 Å². The first-order chi connectivity index (χ1) is 9.26. The number of piperidine rings is 1. The first kappa shape index (κ1) is 17.4. The molecule has 118 valence electrons. The highest BCUT2D eigenvalue weighted by Gasteiger charge is 2.22. The van der Waals surface area contributed by atoms with Crippen molar-refractivity contribution in [2.45, 2.75) is 52.2 Å². The second-order valence-electron chi connectivity index (χ2n) is 6.78. The normalized spacial score (nSPS) is 22.6. The van der Waals surface area contributed by atoms with Crippen molar-refractivity contribution < 1.29 is 14.6 Å². The van der Waals surface area contributed by atoms with Crippen LogP contribution in [-0.2, 0) is 9.53 Å². The Kier molecular flexibility index (Phi) is 6.92. The number of carbonyl (C=O) groups excluding carboxylic acids is 1. The Morgan fingerprint density at radius 2 is 2.20 bits per heavy atom. The molecular formula is C15H30N2O3. The van der Waals surface area contributed by atoms with Crippen molar-refractivity contribution in [1.29, 1.82) is 0 Å². The summed E-state index contributed by atoms with van der Waals surface area (Å²) in [4.78, 5) is 13.2. The number of ether oxygens (including phenoxy) is 1. The predicted molar refractivity (Wildman–Crippen MR) is 79.6 cm³/mol. The molecule has 0 spiro atoms. The van der Waals surface area contributed by atoms with Crippen molar-refractivity contribution in [2.24, 2.45) is 5.92 Å².